The summed E-state index contributed by atoms with van der Waals surface area (Å²) in [7, 11) is 1.64. The molecule has 0 unspecified atom stereocenters. The number of carbonyl (C=O) groups is 1. The Morgan fingerprint density at radius 3 is 2.57 bits per heavy atom. The summed E-state index contributed by atoms with van der Waals surface area (Å²) in [5.41, 5.74) is 3.84. The summed E-state index contributed by atoms with van der Waals surface area (Å²) in [5, 5.41) is 2.76. The van der Waals surface area contributed by atoms with Gasteiger partial charge in [0.1, 0.15) is 5.75 Å². The predicted octanol–water partition coefficient (Wildman–Crippen LogP) is 3.36. The van der Waals surface area contributed by atoms with E-state index in [1.165, 1.54) is 6.08 Å². The number of anilines is 1. The quantitative estimate of drug-likeness (QED) is 0.875. The van der Waals surface area contributed by atoms with Crippen molar-refractivity contribution in [2.75, 3.05) is 12.4 Å². The Morgan fingerprint density at radius 2 is 2.00 bits per heavy atom. The minimum atomic E-state index is -0.183. The van der Waals surface area contributed by atoms with E-state index in [2.05, 4.69) is 10.3 Å². The molecule has 21 heavy (non-hydrogen) atoms. The maximum absolute atomic E-state index is 11.9. The summed E-state index contributed by atoms with van der Waals surface area (Å²) in [5.74, 6) is 0.638. The van der Waals surface area contributed by atoms with E-state index < -0.39 is 0 Å². The van der Waals surface area contributed by atoms with Gasteiger partial charge >= 0.3 is 0 Å². The van der Waals surface area contributed by atoms with Crippen molar-refractivity contribution in [2.24, 2.45) is 0 Å². The lowest BCUT2D eigenvalue weighted by Crippen LogP contribution is -2.07. The number of amides is 1. The van der Waals surface area contributed by atoms with Gasteiger partial charge in [-0.3, -0.25) is 9.78 Å². The van der Waals surface area contributed by atoms with Crippen LogP contribution in [0.3, 0.4) is 0 Å². The van der Waals surface area contributed by atoms with Crippen molar-refractivity contribution >= 4 is 17.7 Å². The summed E-state index contributed by atoms with van der Waals surface area (Å²) in [6.45, 7) is 3.99. The normalized spacial score (nSPS) is 10.6. The molecule has 2 rings (SSSR count). The monoisotopic (exact) mass is 282 g/mol. The number of aromatic nitrogens is 1. The lowest BCUT2D eigenvalue weighted by molar-refractivity contribution is -0.111. The minimum Gasteiger partial charge on any atom is -0.497 e. The highest BCUT2D eigenvalue weighted by molar-refractivity contribution is 6.02. The third-order valence-corrected chi connectivity index (χ3v) is 3.13. The number of benzene rings is 1. The number of aryl methyl sites for hydroxylation is 2. The van der Waals surface area contributed by atoms with Crippen LogP contribution in [0.25, 0.3) is 6.08 Å². The first-order valence-electron chi connectivity index (χ1n) is 6.64. The first kappa shape index (κ1) is 14.8. The van der Waals surface area contributed by atoms with Crippen LogP contribution in [0.1, 0.15) is 16.7 Å². The summed E-state index contributed by atoms with van der Waals surface area (Å²) in [6.07, 6.45) is 6.61. The molecule has 1 N–H and O–H groups in total. The number of hydrogen-bond donors (Lipinski definition) is 1. The molecule has 2 aromatic rings. The smallest absolute Gasteiger partial charge is 0.248 e. The second-order valence-corrected chi connectivity index (χ2v) is 4.74. The Labute approximate surface area is 124 Å². The highest BCUT2D eigenvalue weighted by Gasteiger charge is 2.04. The average Bonchev–Trinajstić information content (AvgIpc) is 2.47. The third kappa shape index (κ3) is 3.92. The SMILES string of the molecule is COc1cc(C)c(/C=C/C(=O)Nc2cccnc2)c(C)c1. The van der Waals surface area contributed by atoms with Gasteiger partial charge in [-0.05, 0) is 60.9 Å². The van der Waals surface area contributed by atoms with Crippen molar-refractivity contribution in [3.8, 4) is 5.75 Å². The molecule has 0 atom stereocenters. The molecule has 108 valence electrons. The van der Waals surface area contributed by atoms with E-state index in [4.69, 9.17) is 4.74 Å². The summed E-state index contributed by atoms with van der Waals surface area (Å²) in [6, 6.07) is 7.47. The van der Waals surface area contributed by atoms with Gasteiger partial charge in [-0.15, -0.1) is 0 Å². The van der Waals surface area contributed by atoms with Gasteiger partial charge in [0, 0.05) is 12.3 Å². The highest BCUT2D eigenvalue weighted by atomic mass is 16.5. The largest absolute Gasteiger partial charge is 0.497 e. The van der Waals surface area contributed by atoms with Crippen LogP contribution in [0, 0.1) is 13.8 Å². The first-order chi connectivity index (χ1) is 10.1. The molecule has 0 saturated heterocycles. The molecule has 0 radical (unpaired) electrons. The molecule has 0 saturated carbocycles. The van der Waals surface area contributed by atoms with Gasteiger partial charge in [0.05, 0.1) is 19.0 Å². The van der Waals surface area contributed by atoms with Crippen LogP contribution in [-0.2, 0) is 4.79 Å². The predicted molar refractivity (Wildman–Crippen MR) is 84.4 cm³/mol. The molecule has 4 nitrogen and oxygen atoms in total. The molecule has 1 amide bonds. The third-order valence-electron chi connectivity index (χ3n) is 3.13. The first-order valence-corrected chi connectivity index (χ1v) is 6.64. The van der Waals surface area contributed by atoms with Gasteiger partial charge < -0.3 is 10.1 Å². The maximum atomic E-state index is 11.9. The Bertz CT molecular complexity index is 641. The van der Waals surface area contributed by atoms with Crippen LogP contribution in [0.5, 0.6) is 5.75 Å². The number of carbonyl (C=O) groups excluding carboxylic acids is 1. The second kappa shape index (κ2) is 6.70. The van der Waals surface area contributed by atoms with Gasteiger partial charge in [-0.25, -0.2) is 0 Å². The molecule has 0 bridgehead atoms. The number of pyridine rings is 1. The number of ether oxygens (including phenoxy) is 1. The summed E-state index contributed by atoms with van der Waals surface area (Å²) >= 11 is 0. The van der Waals surface area contributed by atoms with Crippen LogP contribution in [0.2, 0.25) is 0 Å². The van der Waals surface area contributed by atoms with Crippen LogP contribution in [0.15, 0.2) is 42.7 Å². The van der Waals surface area contributed by atoms with E-state index in [9.17, 15) is 4.79 Å². The number of hydrogen-bond acceptors (Lipinski definition) is 3. The Hall–Kier alpha value is -2.62. The molecular formula is C17H18N2O2. The van der Waals surface area contributed by atoms with Crippen molar-refractivity contribution in [2.45, 2.75) is 13.8 Å². The fourth-order valence-corrected chi connectivity index (χ4v) is 2.10. The zero-order valence-corrected chi connectivity index (χ0v) is 12.4. The minimum absolute atomic E-state index is 0.183. The van der Waals surface area contributed by atoms with E-state index >= 15 is 0 Å². The van der Waals surface area contributed by atoms with E-state index in [1.807, 2.05) is 32.1 Å². The number of nitrogens with one attached hydrogen (secondary N) is 1. The topological polar surface area (TPSA) is 51.2 Å². The van der Waals surface area contributed by atoms with E-state index in [-0.39, 0.29) is 5.91 Å². The highest BCUT2D eigenvalue weighted by Crippen LogP contribution is 2.22. The van der Waals surface area contributed by atoms with Gasteiger partial charge in [-0.1, -0.05) is 0 Å². The van der Waals surface area contributed by atoms with Crippen molar-refractivity contribution in [3.05, 3.63) is 59.4 Å². The molecule has 0 spiro atoms. The fraction of sp³-hybridized carbons (Fsp3) is 0.176. The molecule has 0 aliphatic rings. The van der Waals surface area contributed by atoms with Crippen molar-refractivity contribution in [1.82, 2.24) is 4.98 Å². The van der Waals surface area contributed by atoms with E-state index in [0.29, 0.717) is 5.69 Å². The molecular weight excluding hydrogens is 264 g/mol. The van der Waals surface area contributed by atoms with Crippen LogP contribution in [0.4, 0.5) is 5.69 Å². The molecule has 1 aromatic heterocycles. The van der Waals surface area contributed by atoms with Crippen molar-refractivity contribution in [3.63, 3.8) is 0 Å². The standard InChI is InChI=1S/C17H18N2O2/c1-12-9-15(21-3)10-13(2)16(12)6-7-17(20)19-14-5-4-8-18-11-14/h4-11H,1-3H3,(H,19,20)/b7-6+. The van der Waals surface area contributed by atoms with Crippen LogP contribution >= 0.6 is 0 Å². The molecule has 0 aliphatic carbocycles. The Balaban J connectivity index is 2.12. The van der Waals surface area contributed by atoms with E-state index in [1.54, 1.807) is 31.6 Å². The average molecular weight is 282 g/mol. The van der Waals surface area contributed by atoms with Gasteiger partial charge in [0.25, 0.3) is 0 Å². The molecule has 1 heterocycles. The second-order valence-electron chi connectivity index (χ2n) is 4.74. The fourth-order valence-electron chi connectivity index (χ4n) is 2.10. The molecule has 0 aliphatic heterocycles. The molecule has 0 fully saturated rings. The summed E-state index contributed by atoms with van der Waals surface area (Å²) < 4.78 is 5.23. The molecule has 4 heteroatoms. The zero-order valence-electron chi connectivity index (χ0n) is 12.4. The lowest BCUT2D eigenvalue weighted by Gasteiger charge is -2.08. The summed E-state index contributed by atoms with van der Waals surface area (Å²) in [4.78, 5) is 15.8. The van der Waals surface area contributed by atoms with Crippen molar-refractivity contribution < 1.29 is 9.53 Å². The van der Waals surface area contributed by atoms with Crippen LogP contribution in [-0.4, -0.2) is 18.0 Å². The number of methoxy groups -OCH3 is 1. The van der Waals surface area contributed by atoms with Crippen LogP contribution < -0.4 is 10.1 Å². The number of nitrogens with zero attached hydrogens (tertiary/aromatic N) is 1. The van der Waals surface area contributed by atoms with Crippen molar-refractivity contribution in [1.29, 1.82) is 0 Å². The Kier molecular flexibility index (Phi) is 4.72. The molecule has 1 aromatic carbocycles. The Morgan fingerprint density at radius 1 is 1.29 bits per heavy atom. The lowest BCUT2D eigenvalue weighted by atomic mass is 10.0. The zero-order chi connectivity index (χ0) is 15.2. The van der Waals surface area contributed by atoms with E-state index in [0.717, 1.165) is 22.4 Å². The maximum Gasteiger partial charge on any atom is 0.248 e. The van der Waals surface area contributed by atoms with Gasteiger partial charge in [0.15, 0.2) is 0 Å². The van der Waals surface area contributed by atoms with Gasteiger partial charge in [-0.2, -0.15) is 0 Å². The van der Waals surface area contributed by atoms with Gasteiger partial charge in [0.2, 0.25) is 5.91 Å². The number of rotatable bonds is 4.